The van der Waals surface area contributed by atoms with Gasteiger partial charge in [0.05, 0.1) is 0 Å². The number of anilines is 1. The summed E-state index contributed by atoms with van der Waals surface area (Å²) in [7, 11) is 0. The van der Waals surface area contributed by atoms with Crippen LogP contribution < -0.4 is 14.8 Å². The fraction of sp³-hybridized carbons (Fsp3) is 0.367. The van der Waals surface area contributed by atoms with E-state index in [1.807, 2.05) is 18.2 Å². The van der Waals surface area contributed by atoms with Crippen molar-refractivity contribution in [2.75, 3.05) is 5.32 Å². The van der Waals surface area contributed by atoms with E-state index in [2.05, 4.69) is 40.6 Å². The van der Waals surface area contributed by atoms with E-state index in [1.54, 1.807) is 6.20 Å². The fourth-order valence-corrected chi connectivity index (χ4v) is 6.43. The van der Waals surface area contributed by atoms with E-state index < -0.39 is 0 Å². The third kappa shape index (κ3) is 3.76. The summed E-state index contributed by atoms with van der Waals surface area (Å²) in [5.41, 5.74) is 4.84. The van der Waals surface area contributed by atoms with Crippen LogP contribution in [0.4, 0.5) is 5.82 Å². The molecule has 4 aliphatic rings. The van der Waals surface area contributed by atoms with Crippen molar-refractivity contribution in [1.29, 1.82) is 0 Å². The van der Waals surface area contributed by atoms with Crippen LogP contribution in [0.1, 0.15) is 66.2 Å². The van der Waals surface area contributed by atoms with Gasteiger partial charge in [0.2, 0.25) is 5.91 Å². The summed E-state index contributed by atoms with van der Waals surface area (Å²) >= 11 is 0. The Morgan fingerprint density at radius 2 is 1.97 bits per heavy atom. The topological polar surface area (TPSA) is 77.5 Å². The smallest absolute Gasteiger partial charge is 0.225 e. The molecule has 2 aromatic carbocycles. The predicted molar refractivity (Wildman–Crippen MR) is 135 cm³/mol. The molecule has 1 amide bonds. The molecule has 0 spiro atoms. The molecule has 0 unspecified atom stereocenters. The number of fused-ring (bicyclic) bond motifs is 5. The first kappa shape index (κ1) is 21.6. The highest BCUT2D eigenvalue weighted by Crippen LogP contribution is 2.60. The Kier molecular flexibility index (Phi) is 5.08. The van der Waals surface area contributed by atoms with Crippen LogP contribution in [0, 0.1) is 5.92 Å². The third-order valence-corrected chi connectivity index (χ3v) is 8.23. The number of hydrogen-bond acceptors (Lipinski definition) is 5. The highest BCUT2D eigenvalue weighted by atomic mass is 16.5. The number of carbonyl (C=O) groups excluding carboxylic acids is 2. The Bertz CT molecular complexity index is 1380. The van der Waals surface area contributed by atoms with Crippen molar-refractivity contribution in [2.24, 2.45) is 5.92 Å². The van der Waals surface area contributed by atoms with Gasteiger partial charge >= 0.3 is 0 Å². The van der Waals surface area contributed by atoms with E-state index in [1.165, 1.54) is 11.1 Å². The van der Waals surface area contributed by atoms with Gasteiger partial charge in [0.25, 0.3) is 0 Å². The van der Waals surface area contributed by atoms with E-state index in [0.717, 1.165) is 41.9 Å². The molecule has 0 bridgehead atoms. The van der Waals surface area contributed by atoms with Crippen molar-refractivity contribution in [3.63, 3.8) is 0 Å². The summed E-state index contributed by atoms with van der Waals surface area (Å²) in [6.07, 6.45) is 7.39. The van der Waals surface area contributed by atoms with Gasteiger partial charge in [-0.2, -0.15) is 0 Å². The second-order valence-electron chi connectivity index (χ2n) is 10.5. The van der Waals surface area contributed by atoms with Gasteiger partial charge in [-0.25, -0.2) is 4.98 Å². The van der Waals surface area contributed by atoms with Crippen LogP contribution in [0.5, 0.6) is 17.2 Å². The first-order chi connectivity index (χ1) is 17.6. The lowest BCUT2D eigenvalue weighted by molar-refractivity contribution is -0.120. The fourth-order valence-electron chi connectivity index (χ4n) is 6.43. The number of hydrogen-bond donors (Lipinski definition) is 1. The van der Waals surface area contributed by atoms with E-state index in [0.29, 0.717) is 49.0 Å². The van der Waals surface area contributed by atoms with Crippen LogP contribution in [-0.2, 0) is 22.4 Å². The van der Waals surface area contributed by atoms with Gasteiger partial charge in [-0.15, -0.1) is 0 Å². The number of amides is 1. The molecule has 36 heavy (non-hydrogen) atoms. The summed E-state index contributed by atoms with van der Waals surface area (Å²) in [4.78, 5) is 29.1. The van der Waals surface area contributed by atoms with Crippen LogP contribution >= 0.6 is 0 Å². The van der Waals surface area contributed by atoms with Crippen molar-refractivity contribution in [3.8, 4) is 17.2 Å². The molecule has 2 aliphatic carbocycles. The maximum atomic E-state index is 13.1. The van der Waals surface area contributed by atoms with E-state index in [4.69, 9.17) is 9.47 Å². The minimum Gasteiger partial charge on any atom is -0.489 e. The van der Waals surface area contributed by atoms with Crippen molar-refractivity contribution in [1.82, 2.24) is 4.98 Å². The molecule has 2 aliphatic heterocycles. The number of nitrogens with zero attached hydrogens (tertiary/aromatic N) is 1. The molecule has 7 rings (SSSR count). The summed E-state index contributed by atoms with van der Waals surface area (Å²) in [6.45, 7) is 0. The van der Waals surface area contributed by atoms with Gasteiger partial charge < -0.3 is 14.8 Å². The Morgan fingerprint density at radius 3 is 2.92 bits per heavy atom. The van der Waals surface area contributed by atoms with Crippen LogP contribution in [0.15, 0.2) is 54.7 Å². The number of Topliss-reactive ketones (excluding diaryl/α,β-unsaturated/α-hetero) is 1. The van der Waals surface area contributed by atoms with Crippen LogP contribution in [0.25, 0.3) is 0 Å². The number of ether oxygens (including phenoxy) is 2. The maximum Gasteiger partial charge on any atom is 0.225 e. The summed E-state index contributed by atoms with van der Waals surface area (Å²) in [5.74, 6) is 4.12. The second-order valence-corrected chi connectivity index (χ2v) is 10.5. The Morgan fingerprint density at radius 1 is 1.06 bits per heavy atom. The average Bonchev–Trinajstić information content (AvgIpc) is 3.40. The normalized spacial score (nSPS) is 24.9. The van der Waals surface area contributed by atoms with E-state index in [-0.39, 0.29) is 23.8 Å². The number of carbonyl (C=O) groups is 2. The highest BCUT2D eigenvalue weighted by molar-refractivity contribution is 5.93. The predicted octanol–water partition coefficient (Wildman–Crippen LogP) is 5.70. The molecule has 0 saturated heterocycles. The molecule has 6 heteroatoms. The first-order valence-corrected chi connectivity index (χ1v) is 13.0. The van der Waals surface area contributed by atoms with E-state index >= 15 is 0 Å². The summed E-state index contributed by atoms with van der Waals surface area (Å²) in [5, 5.41) is 2.82. The molecule has 1 aromatic heterocycles. The minimum absolute atomic E-state index is 0.0186. The van der Waals surface area contributed by atoms with Crippen LogP contribution in [0.3, 0.4) is 0 Å². The van der Waals surface area contributed by atoms with Crippen molar-refractivity contribution < 1.29 is 19.1 Å². The molecule has 182 valence electrons. The molecule has 3 aromatic rings. The third-order valence-electron chi connectivity index (χ3n) is 8.23. The van der Waals surface area contributed by atoms with E-state index in [9.17, 15) is 9.59 Å². The van der Waals surface area contributed by atoms with Gasteiger partial charge in [0.15, 0.2) is 0 Å². The zero-order valence-electron chi connectivity index (χ0n) is 20.0. The van der Waals surface area contributed by atoms with Gasteiger partial charge in [-0.05, 0) is 67.0 Å². The molecule has 4 atom stereocenters. The Balaban J connectivity index is 1.03. The lowest BCUT2D eigenvalue weighted by Crippen LogP contribution is -2.20. The SMILES string of the molecule is O=C(C[C@H]1CCCc2ccccc21)C[C@@H]1[C@H]2Oc3ccc(Oc4ccnc5c4CCC(=O)N5)cc3[C@@H]12. The van der Waals surface area contributed by atoms with Crippen LogP contribution in [-0.4, -0.2) is 22.8 Å². The quantitative estimate of drug-likeness (QED) is 0.490. The molecule has 6 nitrogen and oxygen atoms in total. The van der Waals surface area contributed by atoms with Gasteiger partial charge in [0, 0.05) is 48.4 Å². The average molecular weight is 481 g/mol. The molecular formula is C30H28N2O4. The zero-order chi connectivity index (χ0) is 24.2. The lowest BCUT2D eigenvalue weighted by atomic mass is 9.80. The van der Waals surface area contributed by atoms with Crippen molar-refractivity contribution in [3.05, 3.63) is 77.0 Å². The maximum absolute atomic E-state index is 13.1. The van der Waals surface area contributed by atoms with Crippen molar-refractivity contribution >= 4 is 17.5 Å². The molecular weight excluding hydrogens is 452 g/mol. The number of rotatable bonds is 6. The summed E-state index contributed by atoms with van der Waals surface area (Å²) in [6, 6.07) is 16.4. The number of ketones is 1. The van der Waals surface area contributed by atoms with Gasteiger partial charge in [-0.1, -0.05) is 24.3 Å². The first-order valence-electron chi connectivity index (χ1n) is 13.0. The molecule has 3 heterocycles. The highest BCUT2D eigenvalue weighted by Gasteiger charge is 2.59. The second kappa shape index (κ2) is 8.47. The Hall–Kier alpha value is -3.67. The number of aromatic nitrogens is 1. The largest absolute Gasteiger partial charge is 0.489 e. The number of nitrogens with one attached hydrogen (secondary N) is 1. The molecule has 1 N–H and O–H groups in total. The van der Waals surface area contributed by atoms with Gasteiger partial charge in [0.1, 0.15) is 35.0 Å². The lowest BCUT2D eigenvalue weighted by Gasteiger charge is -2.25. The monoisotopic (exact) mass is 480 g/mol. The standard InChI is InChI=1S/C30H28N2O4/c33-19(14-18-6-3-5-17-4-1-2-7-21(17)18)15-24-28-23-16-20(8-10-25(23)36-29(24)28)35-26-12-13-31-30-22(26)9-11-27(34)32-30/h1-2,4,7-8,10,12-13,16,18,24,28-29H,3,5-6,9,11,14-15H2,(H,31,32,34)/t18-,24+,28+,29-/m1/s1. The minimum atomic E-state index is -0.0186. The zero-order valence-corrected chi connectivity index (χ0v) is 20.0. The number of pyridine rings is 1. The molecule has 0 radical (unpaired) electrons. The summed E-state index contributed by atoms with van der Waals surface area (Å²) < 4.78 is 12.4. The number of benzene rings is 2. The van der Waals surface area contributed by atoms with Crippen LogP contribution in [0.2, 0.25) is 0 Å². The number of aryl methyl sites for hydroxylation is 1. The Labute approximate surface area is 210 Å². The molecule has 1 saturated carbocycles. The molecule has 1 fully saturated rings. The van der Waals surface area contributed by atoms with Crippen molar-refractivity contribution in [2.45, 2.75) is 62.9 Å². The van der Waals surface area contributed by atoms with Gasteiger partial charge in [-0.3, -0.25) is 9.59 Å².